The van der Waals surface area contributed by atoms with Gasteiger partial charge >= 0.3 is 0 Å². The van der Waals surface area contributed by atoms with E-state index < -0.39 is 0 Å². The van der Waals surface area contributed by atoms with Gasteiger partial charge in [-0.2, -0.15) is 0 Å². The molecule has 0 unspecified atom stereocenters. The number of rotatable bonds is 3. The van der Waals surface area contributed by atoms with E-state index in [9.17, 15) is 0 Å². The minimum Gasteiger partial charge on any atom is -0.392 e. The van der Waals surface area contributed by atoms with Gasteiger partial charge in [-0.1, -0.05) is 29.4 Å². The summed E-state index contributed by atoms with van der Waals surface area (Å²) in [5.74, 6) is 0. The number of aliphatic hydroxyl groups is 1. The maximum absolute atomic E-state index is 8.96. The van der Waals surface area contributed by atoms with Gasteiger partial charge in [0.2, 0.25) is 0 Å². The monoisotopic (exact) mass is 240 g/mol. The van der Waals surface area contributed by atoms with Crippen LogP contribution < -0.4 is 0 Å². The van der Waals surface area contributed by atoms with Gasteiger partial charge in [-0.25, -0.2) is 4.98 Å². The van der Waals surface area contributed by atoms with Gasteiger partial charge in [0.15, 0.2) is 5.16 Å². The number of nitrogens with zero attached hydrogens (tertiary/aromatic N) is 1. The highest BCUT2D eigenvalue weighted by Gasteiger charge is 2.03. The number of aliphatic hydroxyl groups excluding tert-OH is 1. The highest BCUT2D eigenvalue weighted by molar-refractivity contribution is 7.99. The third-order valence-corrected chi connectivity index (χ3v) is 3.14. The van der Waals surface area contributed by atoms with E-state index in [0.29, 0.717) is 5.02 Å². The molecule has 15 heavy (non-hydrogen) atoms. The van der Waals surface area contributed by atoms with E-state index in [1.54, 1.807) is 12.4 Å². The Morgan fingerprint density at radius 3 is 2.93 bits per heavy atom. The van der Waals surface area contributed by atoms with Gasteiger partial charge < -0.3 is 10.1 Å². The smallest absolute Gasteiger partial charge is 0.170 e. The molecule has 2 aromatic rings. The van der Waals surface area contributed by atoms with Crippen LogP contribution in [0, 0.1) is 0 Å². The molecule has 0 fully saturated rings. The number of nitrogens with one attached hydrogen (secondary N) is 1. The van der Waals surface area contributed by atoms with E-state index in [1.807, 2.05) is 18.2 Å². The highest BCUT2D eigenvalue weighted by Crippen LogP contribution is 2.28. The summed E-state index contributed by atoms with van der Waals surface area (Å²) in [4.78, 5) is 8.08. The summed E-state index contributed by atoms with van der Waals surface area (Å²) in [6.45, 7) is -0.0372. The van der Waals surface area contributed by atoms with Gasteiger partial charge in [-0.05, 0) is 17.7 Å². The van der Waals surface area contributed by atoms with Crippen LogP contribution in [-0.2, 0) is 6.61 Å². The molecule has 78 valence electrons. The van der Waals surface area contributed by atoms with Crippen LogP contribution in [0.4, 0.5) is 0 Å². The molecule has 1 aromatic heterocycles. The number of H-pyrrole nitrogens is 1. The average Bonchev–Trinajstić information content (AvgIpc) is 2.71. The first-order valence-corrected chi connectivity index (χ1v) is 5.55. The topological polar surface area (TPSA) is 48.9 Å². The molecule has 0 radical (unpaired) electrons. The number of hydrogen-bond acceptors (Lipinski definition) is 3. The second kappa shape index (κ2) is 4.70. The molecular formula is C10H9ClN2OS. The van der Waals surface area contributed by atoms with Crippen LogP contribution in [0.3, 0.4) is 0 Å². The standard InChI is InChI=1S/C10H9ClN2OS/c11-9-5-8(2-1-7(9)6-14)15-10-12-3-4-13-10/h1-5,14H,6H2,(H,12,13). The van der Waals surface area contributed by atoms with Gasteiger partial charge in [0.1, 0.15) is 0 Å². The van der Waals surface area contributed by atoms with Crippen LogP contribution in [0.2, 0.25) is 5.02 Å². The molecular weight excluding hydrogens is 232 g/mol. The van der Waals surface area contributed by atoms with Gasteiger partial charge in [-0.3, -0.25) is 0 Å². The number of aromatic amines is 1. The van der Waals surface area contributed by atoms with Crippen LogP contribution in [0.5, 0.6) is 0 Å². The fourth-order valence-electron chi connectivity index (χ4n) is 1.14. The van der Waals surface area contributed by atoms with Gasteiger partial charge in [0.25, 0.3) is 0 Å². The van der Waals surface area contributed by atoms with Crippen LogP contribution in [0.25, 0.3) is 0 Å². The number of aromatic nitrogens is 2. The molecule has 2 N–H and O–H groups in total. The first-order chi connectivity index (χ1) is 7.29. The van der Waals surface area contributed by atoms with Gasteiger partial charge in [-0.15, -0.1) is 0 Å². The van der Waals surface area contributed by atoms with E-state index in [1.165, 1.54) is 11.8 Å². The van der Waals surface area contributed by atoms with Crippen molar-refractivity contribution < 1.29 is 5.11 Å². The van der Waals surface area contributed by atoms with E-state index in [4.69, 9.17) is 16.7 Å². The summed E-state index contributed by atoms with van der Waals surface area (Å²) in [6.07, 6.45) is 3.47. The largest absolute Gasteiger partial charge is 0.392 e. The van der Waals surface area contributed by atoms with Crippen molar-refractivity contribution in [1.29, 1.82) is 0 Å². The van der Waals surface area contributed by atoms with E-state index in [0.717, 1.165) is 15.6 Å². The zero-order valence-corrected chi connectivity index (χ0v) is 9.35. The lowest BCUT2D eigenvalue weighted by atomic mass is 10.2. The maximum Gasteiger partial charge on any atom is 0.170 e. The average molecular weight is 241 g/mol. The molecule has 0 aliphatic carbocycles. The number of imidazole rings is 1. The maximum atomic E-state index is 8.96. The zero-order chi connectivity index (χ0) is 10.7. The minimum atomic E-state index is -0.0372. The molecule has 0 aliphatic rings. The summed E-state index contributed by atoms with van der Waals surface area (Å²) >= 11 is 7.46. The minimum absolute atomic E-state index is 0.0372. The van der Waals surface area contributed by atoms with Crippen LogP contribution >= 0.6 is 23.4 Å². The Morgan fingerprint density at radius 1 is 1.47 bits per heavy atom. The molecule has 2 rings (SSSR count). The summed E-state index contributed by atoms with van der Waals surface area (Å²) in [7, 11) is 0. The molecule has 0 aliphatic heterocycles. The Labute approximate surface area is 96.5 Å². The third-order valence-electron chi connectivity index (χ3n) is 1.88. The zero-order valence-electron chi connectivity index (χ0n) is 7.77. The Balaban J connectivity index is 2.20. The van der Waals surface area contributed by atoms with Crippen molar-refractivity contribution >= 4 is 23.4 Å². The van der Waals surface area contributed by atoms with Crippen LogP contribution in [0.15, 0.2) is 40.6 Å². The van der Waals surface area contributed by atoms with Crippen LogP contribution in [-0.4, -0.2) is 15.1 Å². The van der Waals surface area contributed by atoms with E-state index in [2.05, 4.69) is 9.97 Å². The lowest BCUT2D eigenvalue weighted by Gasteiger charge is -2.02. The van der Waals surface area contributed by atoms with Crippen molar-refractivity contribution in [2.24, 2.45) is 0 Å². The normalized spacial score (nSPS) is 10.5. The summed E-state index contributed by atoms with van der Waals surface area (Å²) in [5, 5.41) is 10.4. The van der Waals surface area contributed by atoms with E-state index in [-0.39, 0.29) is 6.61 Å². The van der Waals surface area contributed by atoms with Crippen molar-refractivity contribution in [2.75, 3.05) is 0 Å². The molecule has 1 heterocycles. The summed E-state index contributed by atoms with van der Waals surface area (Å²) < 4.78 is 0. The lowest BCUT2D eigenvalue weighted by Crippen LogP contribution is -1.85. The predicted octanol–water partition coefficient (Wildman–Crippen LogP) is 2.71. The molecule has 3 nitrogen and oxygen atoms in total. The second-order valence-electron chi connectivity index (χ2n) is 2.91. The summed E-state index contributed by atoms with van der Waals surface area (Å²) in [5.41, 5.74) is 0.737. The van der Waals surface area contributed by atoms with Crippen molar-refractivity contribution in [3.63, 3.8) is 0 Å². The van der Waals surface area contributed by atoms with Gasteiger partial charge in [0, 0.05) is 22.3 Å². The Morgan fingerprint density at radius 2 is 2.33 bits per heavy atom. The Bertz CT molecular complexity index is 445. The fourth-order valence-corrected chi connectivity index (χ4v) is 2.22. The van der Waals surface area contributed by atoms with Crippen molar-refractivity contribution in [2.45, 2.75) is 16.7 Å². The lowest BCUT2D eigenvalue weighted by molar-refractivity contribution is 0.282. The molecule has 0 saturated heterocycles. The number of benzene rings is 1. The molecule has 0 amide bonds. The quantitative estimate of drug-likeness (QED) is 0.867. The molecule has 0 saturated carbocycles. The van der Waals surface area contributed by atoms with Crippen molar-refractivity contribution in [3.05, 3.63) is 41.2 Å². The molecule has 1 aromatic carbocycles. The van der Waals surface area contributed by atoms with Gasteiger partial charge in [0.05, 0.1) is 6.61 Å². The molecule has 0 atom stereocenters. The number of hydrogen-bond donors (Lipinski definition) is 2. The number of halogens is 1. The molecule has 0 bridgehead atoms. The van der Waals surface area contributed by atoms with Crippen molar-refractivity contribution in [3.8, 4) is 0 Å². The Kier molecular flexibility index (Phi) is 3.30. The Hall–Kier alpha value is -0.970. The predicted molar refractivity (Wildman–Crippen MR) is 60.1 cm³/mol. The molecule has 5 heteroatoms. The fraction of sp³-hybridized carbons (Fsp3) is 0.100. The second-order valence-corrected chi connectivity index (χ2v) is 4.38. The first kappa shape index (κ1) is 10.5. The highest BCUT2D eigenvalue weighted by atomic mass is 35.5. The van der Waals surface area contributed by atoms with Crippen molar-refractivity contribution in [1.82, 2.24) is 9.97 Å². The summed E-state index contributed by atoms with van der Waals surface area (Å²) in [6, 6.07) is 5.54. The SMILES string of the molecule is OCc1ccc(Sc2ncc[nH]2)cc1Cl. The van der Waals surface area contributed by atoms with Crippen LogP contribution in [0.1, 0.15) is 5.56 Å². The van der Waals surface area contributed by atoms with E-state index >= 15 is 0 Å². The molecule has 0 spiro atoms. The first-order valence-electron chi connectivity index (χ1n) is 4.36. The third kappa shape index (κ3) is 2.53.